The number of hydrogen-bond acceptors (Lipinski definition) is 3. The zero-order valence-corrected chi connectivity index (χ0v) is 16.5. The van der Waals surface area contributed by atoms with Crippen molar-refractivity contribution in [2.45, 2.75) is 26.3 Å². The molecule has 29 heavy (non-hydrogen) atoms. The van der Waals surface area contributed by atoms with Crippen molar-refractivity contribution in [2.24, 2.45) is 0 Å². The summed E-state index contributed by atoms with van der Waals surface area (Å²) in [6.45, 7) is 3.60. The Hall–Kier alpha value is -3.34. The lowest BCUT2D eigenvalue weighted by Crippen LogP contribution is -2.29. The van der Waals surface area contributed by atoms with Crippen molar-refractivity contribution in [2.75, 3.05) is 18.1 Å². The van der Waals surface area contributed by atoms with Gasteiger partial charge in [0, 0.05) is 30.5 Å². The van der Waals surface area contributed by atoms with Gasteiger partial charge >= 0.3 is 0 Å². The Labute approximate surface area is 170 Å². The Balaban J connectivity index is 1.29. The molecule has 0 fully saturated rings. The molecule has 1 N–H and O–H groups in total. The number of carbonyl (C=O) groups excluding carboxylic acids is 2. The molecule has 4 rings (SSSR count). The van der Waals surface area contributed by atoms with Gasteiger partial charge in [-0.25, -0.2) is 0 Å². The van der Waals surface area contributed by atoms with Gasteiger partial charge in [0.05, 0.1) is 12.3 Å². The van der Waals surface area contributed by atoms with E-state index in [1.807, 2.05) is 67.6 Å². The van der Waals surface area contributed by atoms with E-state index in [1.165, 1.54) is 0 Å². The van der Waals surface area contributed by atoms with Gasteiger partial charge in [0.1, 0.15) is 5.75 Å². The maximum atomic E-state index is 12.8. The molecule has 0 saturated heterocycles. The van der Waals surface area contributed by atoms with Crippen LogP contribution in [-0.2, 0) is 11.3 Å². The first kappa shape index (κ1) is 19.0. The van der Waals surface area contributed by atoms with Crippen LogP contribution in [0.2, 0.25) is 0 Å². The quantitative estimate of drug-likeness (QED) is 0.626. The van der Waals surface area contributed by atoms with Gasteiger partial charge in [-0.15, -0.1) is 0 Å². The van der Waals surface area contributed by atoms with E-state index in [0.29, 0.717) is 32.5 Å². The first-order chi connectivity index (χ1) is 14.2. The van der Waals surface area contributed by atoms with Crippen molar-refractivity contribution in [3.8, 4) is 5.75 Å². The molecule has 148 valence electrons. The molecule has 0 unspecified atom stereocenters. The van der Waals surface area contributed by atoms with Crippen LogP contribution < -0.4 is 15.0 Å². The Morgan fingerprint density at radius 2 is 1.79 bits per heavy atom. The highest BCUT2D eigenvalue weighted by atomic mass is 16.5. The molecule has 1 aliphatic rings. The van der Waals surface area contributed by atoms with Crippen molar-refractivity contribution in [3.05, 3.63) is 71.8 Å². The topological polar surface area (TPSA) is 58.6 Å². The molecule has 0 spiro atoms. The largest absolute Gasteiger partial charge is 0.494 e. The molecular formula is C24H24N2O3. The summed E-state index contributed by atoms with van der Waals surface area (Å²) in [5, 5.41) is 5.03. The predicted octanol–water partition coefficient (Wildman–Crippen LogP) is 4.30. The van der Waals surface area contributed by atoms with E-state index in [4.69, 9.17) is 4.74 Å². The van der Waals surface area contributed by atoms with Crippen molar-refractivity contribution in [1.82, 2.24) is 5.32 Å². The van der Waals surface area contributed by atoms with E-state index >= 15 is 0 Å². The maximum absolute atomic E-state index is 12.8. The second-order valence-corrected chi connectivity index (χ2v) is 7.09. The molecule has 0 radical (unpaired) electrons. The smallest absolute Gasteiger partial charge is 0.258 e. The highest BCUT2D eigenvalue weighted by Crippen LogP contribution is 2.37. The molecule has 0 aliphatic carbocycles. The number of rotatable bonds is 8. The third-order valence-corrected chi connectivity index (χ3v) is 5.16. The van der Waals surface area contributed by atoms with Gasteiger partial charge < -0.3 is 15.0 Å². The molecule has 0 saturated carbocycles. The maximum Gasteiger partial charge on any atom is 0.258 e. The third kappa shape index (κ3) is 3.94. The van der Waals surface area contributed by atoms with E-state index in [9.17, 15) is 9.59 Å². The number of benzene rings is 3. The molecular weight excluding hydrogens is 364 g/mol. The van der Waals surface area contributed by atoms with Gasteiger partial charge in [0.15, 0.2) is 0 Å². The SMILES string of the molecule is CCOc1ccc(CNC(=O)CCCN2C(=O)c3cccc4cccc2c34)cc1. The van der Waals surface area contributed by atoms with E-state index < -0.39 is 0 Å². The highest BCUT2D eigenvalue weighted by molar-refractivity contribution is 6.25. The Morgan fingerprint density at radius 1 is 1.03 bits per heavy atom. The first-order valence-corrected chi connectivity index (χ1v) is 9.99. The fourth-order valence-electron chi connectivity index (χ4n) is 3.76. The van der Waals surface area contributed by atoms with Crippen molar-refractivity contribution >= 4 is 28.3 Å². The Morgan fingerprint density at radius 3 is 2.55 bits per heavy atom. The van der Waals surface area contributed by atoms with Gasteiger partial charge in [-0.2, -0.15) is 0 Å². The first-order valence-electron chi connectivity index (χ1n) is 9.99. The molecule has 5 nitrogen and oxygen atoms in total. The third-order valence-electron chi connectivity index (χ3n) is 5.16. The van der Waals surface area contributed by atoms with E-state index in [2.05, 4.69) is 5.32 Å². The van der Waals surface area contributed by atoms with E-state index in [0.717, 1.165) is 33.3 Å². The van der Waals surface area contributed by atoms with Gasteiger partial charge in [0.25, 0.3) is 5.91 Å². The predicted molar refractivity (Wildman–Crippen MR) is 114 cm³/mol. The summed E-state index contributed by atoms with van der Waals surface area (Å²) in [5.74, 6) is 0.835. The summed E-state index contributed by atoms with van der Waals surface area (Å²) in [4.78, 5) is 26.8. The van der Waals surface area contributed by atoms with E-state index in [1.54, 1.807) is 4.90 Å². The van der Waals surface area contributed by atoms with Crippen LogP contribution in [0.1, 0.15) is 35.7 Å². The van der Waals surface area contributed by atoms with Gasteiger partial charge in [0.2, 0.25) is 5.91 Å². The molecule has 5 heteroatoms. The summed E-state index contributed by atoms with van der Waals surface area (Å²) in [6, 6.07) is 19.5. The molecule has 1 aliphatic heterocycles. The Bertz CT molecular complexity index is 1040. The van der Waals surface area contributed by atoms with Crippen LogP contribution in [-0.4, -0.2) is 25.0 Å². The average molecular weight is 388 g/mol. The number of nitrogens with one attached hydrogen (secondary N) is 1. The minimum absolute atomic E-state index is 0.0127. The van der Waals surface area contributed by atoms with Gasteiger partial charge in [-0.1, -0.05) is 36.4 Å². The van der Waals surface area contributed by atoms with Crippen molar-refractivity contribution in [3.63, 3.8) is 0 Å². The number of ether oxygens (including phenoxy) is 1. The highest BCUT2D eigenvalue weighted by Gasteiger charge is 2.28. The van der Waals surface area contributed by atoms with Crippen LogP contribution in [0.3, 0.4) is 0 Å². The lowest BCUT2D eigenvalue weighted by molar-refractivity contribution is -0.121. The lowest BCUT2D eigenvalue weighted by Gasteiger charge is -2.17. The summed E-state index contributed by atoms with van der Waals surface area (Å²) < 4.78 is 5.42. The Kier molecular flexibility index (Phi) is 5.47. The second kappa shape index (κ2) is 8.35. The minimum atomic E-state index is -0.0127. The molecule has 3 aromatic carbocycles. The average Bonchev–Trinajstić information content (AvgIpc) is 3.02. The number of hydrogen-bond donors (Lipinski definition) is 1. The monoisotopic (exact) mass is 388 g/mol. The molecule has 2 amide bonds. The normalized spacial score (nSPS) is 12.4. The van der Waals surface area contributed by atoms with Crippen LogP contribution in [0.25, 0.3) is 10.8 Å². The van der Waals surface area contributed by atoms with Gasteiger partial charge in [-0.05, 0) is 48.6 Å². The van der Waals surface area contributed by atoms with E-state index in [-0.39, 0.29) is 11.8 Å². The second-order valence-electron chi connectivity index (χ2n) is 7.09. The van der Waals surface area contributed by atoms with Crippen LogP contribution >= 0.6 is 0 Å². The molecule has 1 heterocycles. The zero-order valence-electron chi connectivity index (χ0n) is 16.5. The number of carbonyl (C=O) groups is 2. The van der Waals surface area contributed by atoms with Crippen LogP contribution in [0.5, 0.6) is 5.75 Å². The molecule has 0 atom stereocenters. The van der Waals surface area contributed by atoms with Crippen LogP contribution in [0.4, 0.5) is 5.69 Å². The van der Waals surface area contributed by atoms with Gasteiger partial charge in [-0.3, -0.25) is 9.59 Å². The summed E-state index contributed by atoms with van der Waals surface area (Å²) >= 11 is 0. The van der Waals surface area contributed by atoms with Crippen molar-refractivity contribution < 1.29 is 14.3 Å². The number of nitrogens with zero attached hydrogens (tertiary/aromatic N) is 1. The minimum Gasteiger partial charge on any atom is -0.494 e. The fraction of sp³-hybridized carbons (Fsp3) is 0.250. The zero-order chi connectivity index (χ0) is 20.2. The molecule has 0 aromatic heterocycles. The van der Waals surface area contributed by atoms with Crippen LogP contribution in [0, 0.1) is 0 Å². The summed E-state index contributed by atoms with van der Waals surface area (Å²) in [7, 11) is 0. The van der Waals surface area contributed by atoms with Crippen LogP contribution in [0.15, 0.2) is 60.7 Å². The number of amides is 2. The molecule has 0 bridgehead atoms. The summed E-state index contributed by atoms with van der Waals surface area (Å²) in [6.07, 6.45) is 0.998. The standard InChI is InChI=1S/C24H24N2O3/c1-2-29-19-13-11-17(12-14-19)16-25-22(27)10-5-15-26-21-9-4-7-18-6-3-8-20(23(18)21)24(26)28/h3-4,6-9,11-14H,2,5,10,15-16H2,1H3,(H,25,27). The molecule has 3 aromatic rings. The number of anilines is 1. The lowest BCUT2D eigenvalue weighted by atomic mass is 10.1. The van der Waals surface area contributed by atoms with Crippen molar-refractivity contribution in [1.29, 1.82) is 0 Å². The summed E-state index contributed by atoms with van der Waals surface area (Å²) in [5.41, 5.74) is 2.72. The fourth-order valence-corrected chi connectivity index (χ4v) is 3.76.